The molecule has 0 aromatic heterocycles. The predicted molar refractivity (Wildman–Crippen MR) is 115 cm³/mol. The Labute approximate surface area is 174 Å². The van der Waals surface area contributed by atoms with Crippen LogP contribution in [0.1, 0.15) is 28.8 Å². The Morgan fingerprint density at radius 1 is 1.11 bits per heavy atom. The van der Waals surface area contributed by atoms with Crippen LogP contribution in [0.3, 0.4) is 0 Å². The van der Waals surface area contributed by atoms with Gasteiger partial charge in [-0.25, -0.2) is 0 Å². The first kappa shape index (κ1) is 25.2. The fourth-order valence-corrected chi connectivity index (χ4v) is 2.68. The lowest BCUT2D eigenvalue weighted by Gasteiger charge is -2.26. The topological polar surface area (TPSA) is 67.6 Å². The van der Waals surface area contributed by atoms with Crippen molar-refractivity contribution in [3.63, 3.8) is 0 Å². The van der Waals surface area contributed by atoms with Crippen molar-refractivity contribution in [3.05, 3.63) is 65.2 Å². The van der Waals surface area contributed by atoms with Crippen molar-refractivity contribution in [3.8, 4) is 5.75 Å². The number of carbonyl (C=O) groups excluding carboxylic acids is 1. The molecule has 2 unspecified atom stereocenters. The van der Waals surface area contributed by atoms with Crippen LogP contribution in [0.25, 0.3) is 0 Å². The van der Waals surface area contributed by atoms with Gasteiger partial charge < -0.3 is 20.7 Å². The quantitative estimate of drug-likeness (QED) is 0.730. The van der Waals surface area contributed by atoms with E-state index in [1.807, 2.05) is 69.6 Å². The summed E-state index contributed by atoms with van der Waals surface area (Å²) in [5.74, 6) is 0.616. The Balaban J connectivity index is 0.00000338. The molecule has 2 aromatic rings. The number of methoxy groups -OCH3 is 1. The number of carbonyl (C=O) groups is 1. The van der Waals surface area contributed by atoms with Gasteiger partial charge in [0.15, 0.2) is 0 Å². The summed E-state index contributed by atoms with van der Waals surface area (Å²) < 4.78 is 5.29. The molecule has 150 valence electrons. The van der Waals surface area contributed by atoms with E-state index in [9.17, 15) is 4.79 Å². The Hall–Kier alpha value is -1.79. The van der Waals surface area contributed by atoms with Gasteiger partial charge in [0, 0.05) is 6.54 Å². The van der Waals surface area contributed by atoms with Crippen LogP contribution in [0.4, 0.5) is 0 Å². The maximum absolute atomic E-state index is 12.4. The van der Waals surface area contributed by atoms with Crippen molar-refractivity contribution in [2.75, 3.05) is 27.7 Å². The minimum atomic E-state index is -0.672. The molecule has 3 N–H and O–H groups in total. The molecule has 2 atom stereocenters. The largest absolute Gasteiger partial charge is 0.497 e. The zero-order valence-electron chi connectivity index (χ0n) is 16.1. The van der Waals surface area contributed by atoms with Crippen LogP contribution in [0, 0.1) is 6.92 Å². The zero-order valence-corrected chi connectivity index (χ0v) is 17.8. The van der Waals surface area contributed by atoms with E-state index in [-0.39, 0.29) is 36.8 Å². The van der Waals surface area contributed by atoms with Crippen LogP contribution in [0.2, 0.25) is 0 Å². The lowest BCUT2D eigenvalue weighted by Crippen LogP contribution is -2.39. The number of nitrogens with zero attached hydrogens (tertiary/aromatic N) is 1. The number of amides is 1. The van der Waals surface area contributed by atoms with Gasteiger partial charge in [-0.05, 0) is 44.3 Å². The zero-order chi connectivity index (χ0) is 18.4. The molecule has 0 radical (unpaired) electrons. The smallest absolute Gasteiger partial charge is 0.241 e. The molecule has 7 heteroatoms. The molecule has 0 aliphatic rings. The van der Waals surface area contributed by atoms with E-state index in [0.29, 0.717) is 6.54 Å². The number of hydrogen-bond acceptors (Lipinski definition) is 4. The summed E-state index contributed by atoms with van der Waals surface area (Å²) in [7, 11) is 5.61. The molecule has 2 rings (SSSR count). The number of ether oxygens (including phenoxy) is 1. The second-order valence-corrected chi connectivity index (χ2v) is 6.39. The molecule has 0 aliphatic heterocycles. The summed E-state index contributed by atoms with van der Waals surface area (Å²) in [4.78, 5) is 14.5. The number of nitrogens with two attached hydrogens (primary N) is 1. The molecule has 5 nitrogen and oxygen atoms in total. The highest BCUT2D eigenvalue weighted by Gasteiger charge is 2.19. The summed E-state index contributed by atoms with van der Waals surface area (Å²) in [6.07, 6.45) is 0. The lowest BCUT2D eigenvalue weighted by molar-refractivity contribution is -0.122. The minimum absolute atomic E-state index is 0. The van der Waals surface area contributed by atoms with Gasteiger partial charge in [-0.15, -0.1) is 24.8 Å². The number of benzene rings is 2. The van der Waals surface area contributed by atoms with Crippen molar-refractivity contribution in [2.45, 2.75) is 19.0 Å². The van der Waals surface area contributed by atoms with Gasteiger partial charge in [-0.3, -0.25) is 4.79 Å². The lowest BCUT2D eigenvalue weighted by atomic mass is 10.0. The van der Waals surface area contributed by atoms with Crippen LogP contribution in [-0.4, -0.2) is 38.6 Å². The SMILES string of the molecule is COc1cccc(C(CNC(=O)C(N)c2ccc(C)cc2)N(C)C)c1.Cl.Cl. The number of nitrogens with one attached hydrogen (secondary N) is 1. The number of rotatable bonds is 7. The molecule has 0 saturated heterocycles. The third-order valence-corrected chi connectivity index (χ3v) is 4.29. The molecule has 27 heavy (non-hydrogen) atoms. The van der Waals surface area contributed by atoms with Crippen molar-refractivity contribution in [1.82, 2.24) is 10.2 Å². The molecule has 1 amide bonds. The molecule has 0 fully saturated rings. The van der Waals surface area contributed by atoms with Gasteiger partial charge in [-0.1, -0.05) is 42.0 Å². The summed E-state index contributed by atoms with van der Waals surface area (Å²) in [6.45, 7) is 2.48. The van der Waals surface area contributed by atoms with Crippen molar-refractivity contribution < 1.29 is 9.53 Å². The highest BCUT2D eigenvalue weighted by atomic mass is 35.5. The van der Waals surface area contributed by atoms with E-state index < -0.39 is 6.04 Å². The van der Waals surface area contributed by atoms with Gasteiger partial charge in [0.2, 0.25) is 5.91 Å². The van der Waals surface area contributed by atoms with Crippen molar-refractivity contribution >= 4 is 30.7 Å². The highest BCUT2D eigenvalue weighted by molar-refractivity contribution is 5.85. The van der Waals surface area contributed by atoms with Crippen LogP contribution in [0.15, 0.2) is 48.5 Å². The van der Waals surface area contributed by atoms with Gasteiger partial charge in [0.1, 0.15) is 11.8 Å². The summed E-state index contributed by atoms with van der Waals surface area (Å²) in [6, 6.07) is 14.9. The van der Waals surface area contributed by atoms with Gasteiger partial charge >= 0.3 is 0 Å². The Morgan fingerprint density at radius 3 is 2.30 bits per heavy atom. The number of aryl methyl sites for hydroxylation is 1. The van der Waals surface area contributed by atoms with Gasteiger partial charge in [0.25, 0.3) is 0 Å². The first-order valence-corrected chi connectivity index (χ1v) is 8.32. The normalized spacial score (nSPS) is 12.4. The van der Waals surface area contributed by atoms with E-state index in [1.165, 1.54) is 0 Å². The molecule has 0 spiro atoms. The minimum Gasteiger partial charge on any atom is -0.497 e. The van der Waals surface area contributed by atoms with Crippen LogP contribution in [0.5, 0.6) is 5.75 Å². The maximum Gasteiger partial charge on any atom is 0.241 e. The van der Waals surface area contributed by atoms with E-state index in [1.54, 1.807) is 7.11 Å². The Bertz CT molecular complexity index is 709. The second-order valence-electron chi connectivity index (χ2n) is 6.39. The van der Waals surface area contributed by atoms with Crippen LogP contribution >= 0.6 is 24.8 Å². The van der Waals surface area contributed by atoms with E-state index in [2.05, 4.69) is 10.2 Å². The number of hydrogen-bond donors (Lipinski definition) is 2. The fraction of sp³-hybridized carbons (Fsp3) is 0.350. The Morgan fingerprint density at radius 2 is 1.74 bits per heavy atom. The molecular weight excluding hydrogens is 385 g/mol. The average Bonchev–Trinajstić information content (AvgIpc) is 2.61. The molecule has 2 aromatic carbocycles. The van der Waals surface area contributed by atoms with Gasteiger partial charge in [0.05, 0.1) is 13.2 Å². The van der Waals surface area contributed by atoms with E-state index >= 15 is 0 Å². The third-order valence-electron chi connectivity index (χ3n) is 4.29. The maximum atomic E-state index is 12.4. The fourth-order valence-electron chi connectivity index (χ4n) is 2.68. The first-order chi connectivity index (χ1) is 11.9. The summed E-state index contributed by atoms with van der Waals surface area (Å²) in [5, 5.41) is 2.97. The number of likely N-dealkylation sites (N-methyl/N-ethyl adjacent to an activating group) is 1. The molecule has 0 saturated carbocycles. The van der Waals surface area contributed by atoms with Gasteiger partial charge in [-0.2, -0.15) is 0 Å². The molecule has 0 bridgehead atoms. The monoisotopic (exact) mass is 413 g/mol. The molecule has 0 heterocycles. The van der Waals surface area contributed by atoms with Crippen molar-refractivity contribution in [2.24, 2.45) is 5.73 Å². The molecular formula is C20H29Cl2N3O2. The average molecular weight is 414 g/mol. The van der Waals surface area contributed by atoms with Crippen molar-refractivity contribution in [1.29, 1.82) is 0 Å². The van der Waals surface area contributed by atoms with Crippen LogP contribution in [-0.2, 0) is 4.79 Å². The van der Waals surface area contributed by atoms with E-state index in [4.69, 9.17) is 10.5 Å². The first-order valence-electron chi connectivity index (χ1n) is 8.32. The standard InChI is InChI=1S/C20H27N3O2.2ClH/c1-14-8-10-15(11-9-14)19(21)20(24)22-13-18(23(2)3)16-6-5-7-17(12-16)25-4;;/h5-12,18-19H,13,21H2,1-4H3,(H,22,24);2*1H. The predicted octanol–water partition coefficient (Wildman–Crippen LogP) is 3.27. The number of halogens is 2. The van der Waals surface area contributed by atoms with E-state index in [0.717, 1.165) is 22.4 Å². The highest BCUT2D eigenvalue weighted by Crippen LogP contribution is 2.22. The van der Waals surface area contributed by atoms with Crippen LogP contribution < -0.4 is 15.8 Å². The third kappa shape index (κ3) is 7.03. The summed E-state index contributed by atoms with van der Waals surface area (Å²) in [5.41, 5.74) is 9.12. The molecule has 0 aliphatic carbocycles. The Kier molecular flexibility index (Phi) is 11.0. The summed E-state index contributed by atoms with van der Waals surface area (Å²) >= 11 is 0. The second kappa shape index (κ2) is 11.8.